The average Bonchev–Trinajstić information content (AvgIpc) is 3.23. The molecule has 0 spiro atoms. The summed E-state index contributed by atoms with van der Waals surface area (Å²) in [5, 5.41) is 20.5. The number of hydrogen-bond donors (Lipinski definition) is 2. The zero-order chi connectivity index (χ0) is 19.7. The van der Waals surface area contributed by atoms with E-state index >= 15 is 0 Å². The first-order valence-electron chi connectivity index (χ1n) is 11.6. The lowest BCUT2D eigenvalue weighted by atomic mass is 9.47. The lowest BCUT2D eigenvalue weighted by Gasteiger charge is -2.58. The van der Waals surface area contributed by atoms with Crippen LogP contribution in [0.15, 0.2) is 11.6 Å². The van der Waals surface area contributed by atoms with E-state index in [1.807, 2.05) is 0 Å². The highest BCUT2D eigenvalue weighted by Crippen LogP contribution is 2.69. The third kappa shape index (κ3) is 2.57. The van der Waals surface area contributed by atoms with Crippen LogP contribution >= 0.6 is 0 Å². The second-order valence-corrected chi connectivity index (χ2v) is 11.1. The van der Waals surface area contributed by atoms with Crippen LogP contribution in [0.2, 0.25) is 0 Å². The van der Waals surface area contributed by atoms with E-state index in [0.29, 0.717) is 25.0 Å². The second-order valence-electron chi connectivity index (χ2n) is 11.1. The van der Waals surface area contributed by atoms with E-state index < -0.39 is 5.79 Å². The normalized spacial score (nSPS) is 52.5. The van der Waals surface area contributed by atoms with E-state index in [1.54, 1.807) is 0 Å². The van der Waals surface area contributed by atoms with Crippen LogP contribution < -0.4 is 0 Å². The van der Waals surface area contributed by atoms with Gasteiger partial charge in [0.25, 0.3) is 0 Å². The Morgan fingerprint density at radius 1 is 1.07 bits per heavy atom. The number of aliphatic hydroxyl groups excluding tert-OH is 2. The molecule has 1 aliphatic heterocycles. The molecule has 4 heteroatoms. The first-order chi connectivity index (χ1) is 13.3. The topological polar surface area (TPSA) is 58.9 Å². The summed E-state index contributed by atoms with van der Waals surface area (Å²) in [7, 11) is 0. The molecule has 2 N–H and O–H groups in total. The quantitative estimate of drug-likeness (QED) is 0.702. The molecule has 158 valence electrons. The van der Waals surface area contributed by atoms with Gasteiger partial charge in [0.05, 0.1) is 19.3 Å². The minimum atomic E-state index is -0.543. The van der Waals surface area contributed by atoms with Gasteiger partial charge in [-0.1, -0.05) is 25.5 Å². The fraction of sp³-hybridized carbons (Fsp3) is 0.917. The standard InChI is InChI=1S/C24H38O4/c1-22-8-6-17(26)13-16(22)4-5-18-19(22)7-9-23(2)20(18)12-15(14-25)21(23)24(3)27-10-11-28-24/h4,15,17-21,25-26H,5-14H2,1-3H3/t15-,17+,18+,19+,20+,21+,22-,23+/m0/s1. The van der Waals surface area contributed by atoms with Crippen LogP contribution in [0.5, 0.6) is 0 Å². The number of allylic oxidation sites excluding steroid dienone is 1. The van der Waals surface area contributed by atoms with Crippen LogP contribution in [0.3, 0.4) is 0 Å². The maximum atomic E-state index is 10.3. The average molecular weight is 391 g/mol. The molecule has 4 fully saturated rings. The van der Waals surface area contributed by atoms with Gasteiger partial charge in [0.1, 0.15) is 0 Å². The summed E-state index contributed by atoms with van der Waals surface area (Å²) in [4.78, 5) is 0. The van der Waals surface area contributed by atoms with Gasteiger partial charge in [-0.3, -0.25) is 0 Å². The highest BCUT2D eigenvalue weighted by atomic mass is 16.7. The minimum absolute atomic E-state index is 0.143. The van der Waals surface area contributed by atoms with Gasteiger partial charge >= 0.3 is 0 Å². The Balaban J connectivity index is 1.49. The van der Waals surface area contributed by atoms with Crippen molar-refractivity contribution < 1.29 is 19.7 Å². The third-order valence-electron chi connectivity index (χ3n) is 9.91. The fourth-order valence-electron chi connectivity index (χ4n) is 8.74. The molecule has 0 unspecified atom stereocenters. The van der Waals surface area contributed by atoms with Crippen LogP contribution in [-0.4, -0.2) is 41.9 Å². The van der Waals surface area contributed by atoms with Crippen molar-refractivity contribution in [2.24, 2.45) is 40.4 Å². The zero-order valence-electron chi connectivity index (χ0n) is 17.8. The van der Waals surface area contributed by atoms with Crippen LogP contribution in [0.25, 0.3) is 0 Å². The van der Waals surface area contributed by atoms with Gasteiger partial charge in [-0.05, 0) is 86.4 Å². The number of rotatable bonds is 2. The SMILES string of the molecule is CC1([C@@H]2[C@H](CO)C[C@@H]3[C@@H]4CC=C5C[C@H](O)CC[C@]5(C)[C@@H]4CC[C@]32C)OCCO1. The Bertz CT molecular complexity index is 653. The molecule has 0 radical (unpaired) electrons. The van der Waals surface area contributed by atoms with Crippen molar-refractivity contribution in [3.63, 3.8) is 0 Å². The molecule has 28 heavy (non-hydrogen) atoms. The largest absolute Gasteiger partial charge is 0.396 e. The van der Waals surface area contributed by atoms with E-state index in [4.69, 9.17) is 9.47 Å². The van der Waals surface area contributed by atoms with Crippen molar-refractivity contribution in [2.45, 2.75) is 77.6 Å². The molecule has 1 heterocycles. The van der Waals surface area contributed by atoms with E-state index in [2.05, 4.69) is 26.8 Å². The van der Waals surface area contributed by atoms with E-state index in [1.165, 1.54) is 18.4 Å². The summed E-state index contributed by atoms with van der Waals surface area (Å²) in [6.07, 6.45) is 10.00. The van der Waals surface area contributed by atoms with Gasteiger partial charge in [-0.2, -0.15) is 0 Å². The Morgan fingerprint density at radius 3 is 2.54 bits per heavy atom. The van der Waals surface area contributed by atoms with E-state index in [9.17, 15) is 10.2 Å². The van der Waals surface area contributed by atoms with Crippen molar-refractivity contribution >= 4 is 0 Å². The lowest BCUT2D eigenvalue weighted by molar-refractivity contribution is -0.225. The monoisotopic (exact) mass is 390 g/mol. The molecule has 5 rings (SSSR count). The molecule has 8 atom stereocenters. The predicted octanol–water partition coefficient (Wildman–Crippen LogP) is 3.91. The van der Waals surface area contributed by atoms with Gasteiger partial charge in [-0.15, -0.1) is 0 Å². The fourth-order valence-corrected chi connectivity index (χ4v) is 8.74. The molecule has 1 saturated heterocycles. The second kappa shape index (κ2) is 6.54. The molecule has 0 amide bonds. The van der Waals surface area contributed by atoms with Crippen LogP contribution in [0.4, 0.5) is 0 Å². The first kappa shape index (κ1) is 19.5. The number of hydrogen-bond acceptors (Lipinski definition) is 4. The van der Waals surface area contributed by atoms with Gasteiger partial charge in [0.2, 0.25) is 0 Å². The molecule has 3 saturated carbocycles. The summed E-state index contributed by atoms with van der Waals surface area (Å²) >= 11 is 0. The Kier molecular flexibility index (Phi) is 4.56. The maximum Gasteiger partial charge on any atom is 0.169 e. The molecule has 0 bridgehead atoms. The molecule has 4 aliphatic carbocycles. The van der Waals surface area contributed by atoms with Gasteiger partial charge < -0.3 is 19.7 Å². The summed E-state index contributed by atoms with van der Waals surface area (Å²) < 4.78 is 12.3. The van der Waals surface area contributed by atoms with Crippen molar-refractivity contribution in [2.75, 3.05) is 19.8 Å². The van der Waals surface area contributed by atoms with Crippen LogP contribution in [0.1, 0.15) is 65.7 Å². The van der Waals surface area contributed by atoms with Crippen molar-refractivity contribution in [1.29, 1.82) is 0 Å². The summed E-state index contributed by atoms with van der Waals surface area (Å²) in [6.45, 7) is 8.65. The summed E-state index contributed by atoms with van der Waals surface area (Å²) in [5.41, 5.74) is 1.96. The van der Waals surface area contributed by atoms with E-state index in [-0.39, 0.29) is 35.4 Å². The number of fused-ring (bicyclic) bond motifs is 5. The number of aliphatic hydroxyl groups is 2. The van der Waals surface area contributed by atoms with E-state index in [0.717, 1.165) is 38.0 Å². The molecule has 5 aliphatic rings. The van der Waals surface area contributed by atoms with Crippen LogP contribution in [0, 0.1) is 40.4 Å². The molecule has 0 aromatic carbocycles. The molecular formula is C24H38O4. The summed E-state index contributed by atoms with van der Waals surface area (Å²) in [6, 6.07) is 0. The zero-order valence-corrected chi connectivity index (χ0v) is 17.8. The Hall–Kier alpha value is -0.420. The minimum Gasteiger partial charge on any atom is -0.396 e. The molecule has 4 nitrogen and oxygen atoms in total. The Morgan fingerprint density at radius 2 is 1.82 bits per heavy atom. The smallest absolute Gasteiger partial charge is 0.169 e. The first-order valence-corrected chi connectivity index (χ1v) is 11.6. The molecule has 0 aromatic rings. The maximum absolute atomic E-state index is 10.3. The molecular weight excluding hydrogens is 352 g/mol. The van der Waals surface area contributed by atoms with Crippen molar-refractivity contribution in [3.05, 3.63) is 11.6 Å². The highest BCUT2D eigenvalue weighted by molar-refractivity contribution is 5.26. The number of ether oxygens (including phenoxy) is 2. The highest BCUT2D eigenvalue weighted by Gasteiger charge is 2.65. The molecule has 0 aromatic heterocycles. The van der Waals surface area contributed by atoms with Gasteiger partial charge in [-0.25, -0.2) is 0 Å². The van der Waals surface area contributed by atoms with Gasteiger partial charge in [0.15, 0.2) is 5.79 Å². The summed E-state index contributed by atoms with van der Waals surface area (Å²) in [5.74, 6) is 2.02. The third-order valence-corrected chi connectivity index (χ3v) is 9.91. The Labute approximate surface area is 169 Å². The van der Waals surface area contributed by atoms with Crippen molar-refractivity contribution in [1.82, 2.24) is 0 Å². The lowest BCUT2D eigenvalue weighted by Crippen LogP contribution is -2.54. The van der Waals surface area contributed by atoms with Crippen molar-refractivity contribution in [3.8, 4) is 0 Å². The van der Waals surface area contributed by atoms with Gasteiger partial charge in [0, 0.05) is 12.5 Å². The predicted molar refractivity (Wildman–Crippen MR) is 107 cm³/mol. The van der Waals surface area contributed by atoms with Crippen LogP contribution in [-0.2, 0) is 9.47 Å².